The molecule has 0 spiro atoms. The lowest BCUT2D eigenvalue weighted by Crippen LogP contribution is -2.10. The molecule has 0 unspecified atom stereocenters. The number of halogens is 1. The van der Waals surface area contributed by atoms with Crippen molar-refractivity contribution in [1.29, 1.82) is 0 Å². The van der Waals surface area contributed by atoms with Gasteiger partial charge in [0.15, 0.2) is 0 Å². The molecule has 0 aliphatic rings. The maximum atomic E-state index is 6.21. The van der Waals surface area contributed by atoms with Gasteiger partial charge in [0.05, 0.1) is 11.4 Å². The summed E-state index contributed by atoms with van der Waals surface area (Å²) < 4.78 is 9.73. The first kappa shape index (κ1) is 21.0. The van der Waals surface area contributed by atoms with Gasteiger partial charge in [-0.05, 0) is 54.6 Å². The minimum Gasteiger partial charge on any atom is -0.457 e. The van der Waals surface area contributed by atoms with Crippen LogP contribution in [0.25, 0.3) is 20.2 Å². The third-order valence-electron chi connectivity index (χ3n) is 5.73. The van der Waals surface area contributed by atoms with Gasteiger partial charge in [-0.25, -0.2) is 0 Å². The minimum absolute atomic E-state index is 0.777. The Balaban J connectivity index is 1.57. The zero-order valence-corrected chi connectivity index (χ0v) is 20.6. The summed E-state index contributed by atoms with van der Waals surface area (Å²) in [6.07, 6.45) is 0. The molecule has 0 radical (unpaired) electrons. The fraction of sp³-hybridized carbons (Fsp3) is 0. The summed E-state index contributed by atoms with van der Waals surface area (Å²) in [7, 11) is 0. The van der Waals surface area contributed by atoms with Crippen LogP contribution in [0.15, 0.2) is 126 Å². The van der Waals surface area contributed by atoms with Crippen LogP contribution >= 0.6 is 27.3 Å². The maximum absolute atomic E-state index is 6.21. The molecular weight excluding hydrogens is 502 g/mol. The van der Waals surface area contributed by atoms with E-state index >= 15 is 0 Å². The van der Waals surface area contributed by atoms with Gasteiger partial charge in [-0.3, -0.25) is 0 Å². The average Bonchev–Trinajstić information content (AvgIpc) is 3.25. The fourth-order valence-electron chi connectivity index (χ4n) is 4.31. The van der Waals surface area contributed by atoms with E-state index in [0.29, 0.717) is 0 Å². The molecule has 0 atom stereocenters. The standard InChI is InChI=1S/C30H20BrNOS/c31-21-18-23(20-25(19-21)33-24-12-5-2-6-13-24)32(22-10-3-1-4-11-22)27-15-9-17-29-30(27)26-14-7-8-16-28(26)34-29/h1-20H. The first-order chi connectivity index (χ1) is 16.8. The summed E-state index contributed by atoms with van der Waals surface area (Å²) in [6.45, 7) is 0. The highest BCUT2D eigenvalue weighted by molar-refractivity contribution is 9.10. The van der Waals surface area contributed by atoms with Gasteiger partial charge in [0.2, 0.25) is 0 Å². The van der Waals surface area contributed by atoms with Crippen LogP contribution in [0.3, 0.4) is 0 Å². The van der Waals surface area contributed by atoms with Crippen LogP contribution in [0.1, 0.15) is 0 Å². The van der Waals surface area contributed by atoms with Gasteiger partial charge in [0.25, 0.3) is 0 Å². The third-order valence-corrected chi connectivity index (χ3v) is 7.32. The van der Waals surface area contributed by atoms with E-state index < -0.39 is 0 Å². The number of para-hydroxylation sites is 2. The van der Waals surface area contributed by atoms with Gasteiger partial charge >= 0.3 is 0 Å². The van der Waals surface area contributed by atoms with Gasteiger partial charge in [-0.1, -0.05) is 76.6 Å². The molecule has 0 saturated carbocycles. The third kappa shape index (κ3) is 3.96. The summed E-state index contributed by atoms with van der Waals surface area (Å²) in [5.41, 5.74) is 3.26. The second-order valence-corrected chi connectivity index (χ2v) is 9.98. The molecule has 6 aromatic rings. The summed E-state index contributed by atoms with van der Waals surface area (Å²) in [5.74, 6) is 1.59. The molecule has 164 valence electrons. The quantitative estimate of drug-likeness (QED) is 0.223. The Morgan fingerprint density at radius 2 is 1.29 bits per heavy atom. The average molecular weight is 522 g/mol. The predicted octanol–water partition coefficient (Wildman–Crippen LogP) is 10.1. The van der Waals surface area contributed by atoms with Crippen LogP contribution in [-0.4, -0.2) is 0 Å². The van der Waals surface area contributed by atoms with Crippen LogP contribution in [0, 0.1) is 0 Å². The number of thiophene rings is 1. The van der Waals surface area contributed by atoms with E-state index in [1.807, 2.05) is 53.8 Å². The molecule has 0 saturated heterocycles. The zero-order valence-electron chi connectivity index (χ0n) is 18.2. The number of ether oxygens (including phenoxy) is 1. The predicted molar refractivity (Wildman–Crippen MR) is 148 cm³/mol. The lowest BCUT2D eigenvalue weighted by atomic mass is 10.1. The van der Waals surface area contributed by atoms with Crippen LogP contribution in [0.2, 0.25) is 0 Å². The number of hydrogen-bond donors (Lipinski definition) is 0. The molecule has 0 aliphatic heterocycles. The van der Waals surface area contributed by atoms with E-state index in [2.05, 4.69) is 99.7 Å². The topological polar surface area (TPSA) is 12.5 Å². The normalized spacial score (nSPS) is 11.1. The Hall–Kier alpha value is -3.60. The van der Waals surface area contributed by atoms with Gasteiger partial charge in [-0.15, -0.1) is 11.3 Å². The Bertz CT molecular complexity index is 1590. The lowest BCUT2D eigenvalue weighted by molar-refractivity contribution is 0.482. The molecule has 5 aromatic carbocycles. The van der Waals surface area contributed by atoms with Crippen molar-refractivity contribution >= 4 is 64.5 Å². The summed E-state index contributed by atoms with van der Waals surface area (Å²) in [4.78, 5) is 2.31. The van der Waals surface area contributed by atoms with E-state index in [0.717, 1.165) is 33.0 Å². The molecule has 1 aromatic heterocycles. The van der Waals surface area contributed by atoms with Crippen molar-refractivity contribution in [2.45, 2.75) is 0 Å². The van der Waals surface area contributed by atoms with Crippen molar-refractivity contribution in [3.05, 3.63) is 126 Å². The van der Waals surface area contributed by atoms with Crippen molar-refractivity contribution in [2.75, 3.05) is 4.90 Å². The SMILES string of the molecule is Brc1cc(Oc2ccccc2)cc(N(c2ccccc2)c2cccc3sc4ccccc4c23)c1. The number of rotatable bonds is 5. The van der Waals surface area contributed by atoms with Crippen molar-refractivity contribution in [3.63, 3.8) is 0 Å². The number of anilines is 3. The van der Waals surface area contributed by atoms with Crippen molar-refractivity contribution < 1.29 is 4.74 Å². The zero-order chi connectivity index (χ0) is 22.9. The van der Waals surface area contributed by atoms with E-state index in [-0.39, 0.29) is 0 Å². The maximum Gasteiger partial charge on any atom is 0.130 e. The number of benzene rings is 5. The fourth-order valence-corrected chi connectivity index (χ4v) is 5.89. The van der Waals surface area contributed by atoms with Crippen LogP contribution in [0.5, 0.6) is 11.5 Å². The molecule has 1 heterocycles. The molecule has 4 heteroatoms. The van der Waals surface area contributed by atoms with Gasteiger partial charge in [0, 0.05) is 36.4 Å². The van der Waals surface area contributed by atoms with Crippen LogP contribution in [-0.2, 0) is 0 Å². The Labute approximate surface area is 210 Å². The van der Waals surface area contributed by atoms with E-state index in [1.54, 1.807) is 0 Å². The number of nitrogens with zero attached hydrogens (tertiary/aromatic N) is 1. The number of fused-ring (bicyclic) bond motifs is 3. The molecule has 0 amide bonds. The molecular formula is C30H20BrNOS. The second kappa shape index (κ2) is 8.98. The van der Waals surface area contributed by atoms with Gasteiger partial charge in [0.1, 0.15) is 11.5 Å². The number of hydrogen-bond acceptors (Lipinski definition) is 3. The van der Waals surface area contributed by atoms with Crippen molar-refractivity contribution in [1.82, 2.24) is 0 Å². The molecule has 0 fully saturated rings. The van der Waals surface area contributed by atoms with Crippen molar-refractivity contribution in [2.24, 2.45) is 0 Å². The molecule has 34 heavy (non-hydrogen) atoms. The smallest absolute Gasteiger partial charge is 0.130 e. The Kier molecular flexibility index (Phi) is 5.54. The first-order valence-corrected chi connectivity index (χ1v) is 12.7. The lowest BCUT2D eigenvalue weighted by Gasteiger charge is -2.27. The molecule has 2 nitrogen and oxygen atoms in total. The van der Waals surface area contributed by atoms with Gasteiger partial charge in [-0.2, -0.15) is 0 Å². The highest BCUT2D eigenvalue weighted by atomic mass is 79.9. The highest BCUT2D eigenvalue weighted by Crippen LogP contribution is 2.45. The molecule has 0 bridgehead atoms. The van der Waals surface area contributed by atoms with E-state index in [9.17, 15) is 0 Å². The molecule has 0 N–H and O–H groups in total. The van der Waals surface area contributed by atoms with Crippen LogP contribution < -0.4 is 9.64 Å². The van der Waals surface area contributed by atoms with E-state index in [1.165, 1.54) is 20.2 Å². The Morgan fingerprint density at radius 1 is 0.588 bits per heavy atom. The van der Waals surface area contributed by atoms with E-state index in [4.69, 9.17) is 4.74 Å². The molecule has 0 aliphatic carbocycles. The summed E-state index contributed by atoms with van der Waals surface area (Å²) >= 11 is 5.55. The summed E-state index contributed by atoms with van der Waals surface area (Å²) in [5, 5.41) is 2.53. The first-order valence-electron chi connectivity index (χ1n) is 11.1. The van der Waals surface area contributed by atoms with Crippen molar-refractivity contribution in [3.8, 4) is 11.5 Å². The molecule has 6 rings (SSSR count). The van der Waals surface area contributed by atoms with Gasteiger partial charge < -0.3 is 9.64 Å². The van der Waals surface area contributed by atoms with Crippen LogP contribution in [0.4, 0.5) is 17.1 Å². The second-order valence-electron chi connectivity index (χ2n) is 7.98. The summed E-state index contributed by atoms with van der Waals surface area (Å²) in [6, 6.07) is 41.8. The monoisotopic (exact) mass is 521 g/mol. The highest BCUT2D eigenvalue weighted by Gasteiger charge is 2.19. The Morgan fingerprint density at radius 3 is 2.12 bits per heavy atom. The minimum atomic E-state index is 0.777. The largest absolute Gasteiger partial charge is 0.457 e.